The highest BCUT2D eigenvalue weighted by Crippen LogP contribution is 2.39. The van der Waals surface area contributed by atoms with Crippen LogP contribution < -0.4 is 5.32 Å². The minimum absolute atomic E-state index is 0.801. The Morgan fingerprint density at radius 1 is 1.06 bits per heavy atom. The Labute approximate surface area is 108 Å². The monoisotopic (exact) mass is 237 g/mol. The first-order chi connectivity index (χ1) is 8.15. The molecule has 4 atom stereocenters. The summed E-state index contributed by atoms with van der Waals surface area (Å²) in [6.07, 6.45) is 7.51. The van der Waals surface area contributed by atoms with Crippen molar-refractivity contribution >= 4 is 0 Å². The summed E-state index contributed by atoms with van der Waals surface area (Å²) >= 11 is 0. The minimum atomic E-state index is 0.801. The normalized spacial score (nSPS) is 22.5. The van der Waals surface area contributed by atoms with Gasteiger partial charge in [-0.15, -0.1) is 0 Å². The molecule has 4 unspecified atom stereocenters. The average Bonchev–Trinajstić information content (AvgIpc) is 2.87. The maximum absolute atomic E-state index is 3.41. The highest BCUT2D eigenvalue weighted by Gasteiger charge is 2.31. The maximum Gasteiger partial charge on any atom is 0.0179 e. The number of hydrogen-bond donors (Lipinski definition) is 1. The summed E-state index contributed by atoms with van der Waals surface area (Å²) in [5, 5.41) is 3.41. The highest BCUT2D eigenvalue weighted by molar-refractivity contribution is 5.13. The van der Waals surface area contributed by atoms with E-state index in [-0.39, 0.29) is 0 Å². The van der Waals surface area contributed by atoms with Crippen LogP contribution in [-0.2, 0) is 0 Å². The van der Waals surface area contributed by atoms with Gasteiger partial charge in [-0.2, -0.15) is 0 Å². The smallest absolute Gasteiger partial charge is 0.0179 e. The van der Waals surface area contributed by atoms with Gasteiger partial charge in [-0.25, -0.2) is 0 Å². The number of rotatable bonds is 7. The van der Waals surface area contributed by atoms with Gasteiger partial charge in [-0.05, 0) is 41.9 Å². The third-order valence-electron chi connectivity index (χ3n) is 4.84. The van der Waals surface area contributed by atoms with Crippen molar-refractivity contribution in [3.8, 4) is 0 Å². The molecule has 100 valence electrons. The third-order valence-corrected chi connectivity index (χ3v) is 4.84. The zero-order chi connectivity index (χ0) is 12.8. The molecule has 0 fully saturated rings. The molecule has 0 saturated heterocycles. The van der Waals surface area contributed by atoms with Crippen LogP contribution in [0.25, 0.3) is 0 Å². The summed E-state index contributed by atoms with van der Waals surface area (Å²) in [6, 6.07) is 0. The van der Waals surface area contributed by atoms with E-state index in [2.05, 4.69) is 46.1 Å². The molecular formula is C16H31N. The lowest BCUT2D eigenvalue weighted by Crippen LogP contribution is -2.27. The quantitative estimate of drug-likeness (QED) is 0.682. The fourth-order valence-corrected chi connectivity index (χ4v) is 3.38. The van der Waals surface area contributed by atoms with E-state index < -0.39 is 0 Å². The first kappa shape index (κ1) is 14.6. The first-order valence-corrected chi connectivity index (χ1v) is 7.57. The molecule has 1 nitrogen and oxygen atoms in total. The van der Waals surface area contributed by atoms with Crippen LogP contribution >= 0.6 is 0 Å². The van der Waals surface area contributed by atoms with Gasteiger partial charge in [0, 0.05) is 6.54 Å². The van der Waals surface area contributed by atoms with E-state index in [1.807, 2.05) is 0 Å². The molecule has 1 aliphatic rings. The molecule has 0 amide bonds. The van der Waals surface area contributed by atoms with Crippen molar-refractivity contribution in [2.24, 2.45) is 23.7 Å². The summed E-state index contributed by atoms with van der Waals surface area (Å²) in [6.45, 7) is 13.1. The van der Waals surface area contributed by atoms with Gasteiger partial charge in [0.2, 0.25) is 0 Å². The van der Waals surface area contributed by atoms with Crippen LogP contribution in [0.1, 0.15) is 60.3 Å². The SMILES string of the molecule is CCC(C)C(CC)C(C1=CNCC1)C(C)CC. The van der Waals surface area contributed by atoms with Gasteiger partial charge in [-0.1, -0.05) is 53.9 Å². The van der Waals surface area contributed by atoms with Crippen LogP contribution in [0.4, 0.5) is 0 Å². The Morgan fingerprint density at radius 2 is 1.71 bits per heavy atom. The van der Waals surface area contributed by atoms with Gasteiger partial charge in [0.1, 0.15) is 0 Å². The maximum atomic E-state index is 3.41. The molecule has 1 rings (SSSR count). The van der Waals surface area contributed by atoms with Crippen LogP contribution in [0.2, 0.25) is 0 Å². The molecule has 0 aromatic rings. The van der Waals surface area contributed by atoms with Crippen molar-refractivity contribution in [3.63, 3.8) is 0 Å². The van der Waals surface area contributed by atoms with Gasteiger partial charge in [0.25, 0.3) is 0 Å². The van der Waals surface area contributed by atoms with E-state index in [4.69, 9.17) is 0 Å². The molecule has 0 aromatic heterocycles. The average molecular weight is 237 g/mol. The van der Waals surface area contributed by atoms with Crippen molar-refractivity contribution in [2.75, 3.05) is 6.54 Å². The Kier molecular flexibility index (Phi) is 6.08. The summed E-state index contributed by atoms with van der Waals surface area (Å²) in [5.74, 6) is 3.33. The Hall–Kier alpha value is -0.460. The second-order valence-electron chi connectivity index (χ2n) is 5.79. The molecule has 17 heavy (non-hydrogen) atoms. The summed E-state index contributed by atoms with van der Waals surface area (Å²) in [5.41, 5.74) is 1.69. The molecule has 1 heterocycles. The molecule has 1 aliphatic heterocycles. The van der Waals surface area contributed by atoms with Crippen LogP contribution in [0.3, 0.4) is 0 Å². The molecule has 0 radical (unpaired) electrons. The summed E-state index contributed by atoms with van der Waals surface area (Å²) in [4.78, 5) is 0. The third kappa shape index (κ3) is 3.50. The van der Waals surface area contributed by atoms with Crippen molar-refractivity contribution in [2.45, 2.75) is 60.3 Å². The summed E-state index contributed by atoms with van der Waals surface area (Å²) < 4.78 is 0. The minimum Gasteiger partial charge on any atom is -0.391 e. The summed E-state index contributed by atoms with van der Waals surface area (Å²) in [7, 11) is 0. The van der Waals surface area contributed by atoms with E-state index in [1.165, 1.54) is 25.7 Å². The lowest BCUT2D eigenvalue weighted by molar-refractivity contribution is 0.193. The molecular weight excluding hydrogens is 206 g/mol. The lowest BCUT2D eigenvalue weighted by atomic mass is 9.69. The van der Waals surface area contributed by atoms with Gasteiger partial charge in [0.05, 0.1) is 0 Å². The fourth-order valence-electron chi connectivity index (χ4n) is 3.38. The van der Waals surface area contributed by atoms with Gasteiger partial charge in [0.15, 0.2) is 0 Å². The highest BCUT2D eigenvalue weighted by atomic mass is 14.9. The zero-order valence-electron chi connectivity index (χ0n) is 12.4. The Morgan fingerprint density at radius 3 is 2.12 bits per heavy atom. The van der Waals surface area contributed by atoms with Gasteiger partial charge >= 0.3 is 0 Å². The zero-order valence-corrected chi connectivity index (χ0v) is 12.4. The van der Waals surface area contributed by atoms with Crippen LogP contribution in [0.15, 0.2) is 11.8 Å². The van der Waals surface area contributed by atoms with Crippen LogP contribution in [-0.4, -0.2) is 6.54 Å². The molecule has 0 aromatic carbocycles. The van der Waals surface area contributed by atoms with Crippen molar-refractivity contribution in [3.05, 3.63) is 11.8 Å². The molecule has 0 aliphatic carbocycles. The predicted molar refractivity (Wildman–Crippen MR) is 76.9 cm³/mol. The van der Waals surface area contributed by atoms with E-state index >= 15 is 0 Å². The Balaban J connectivity index is 2.86. The molecule has 0 saturated carbocycles. The number of nitrogens with one attached hydrogen (secondary N) is 1. The predicted octanol–water partition coefficient (Wildman–Crippen LogP) is 4.60. The van der Waals surface area contributed by atoms with Crippen molar-refractivity contribution in [1.82, 2.24) is 5.32 Å². The van der Waals surface area contributed by atoms with E-state index in [0.29, 0.717) is 0 Å². The second-order valence-corrected chi connectivity index (χ2v) is 5.79. The van der Waals surface area contributed by atoms with Crippen LogP contribution in [0.5, 0.6) is 0 Å². The molecule has 0 bridgehead atoms. The van der Waals surface area contributed by atoms with E-state index in [0.717, 1.165) is 30.2 Å². The topological polar surface area (TPSA) is 12.0 Å². The molecule has 1 heteroatoms. The lowest BCUT2D eigenvalue weighted by Gasteiger charge is -2.35. The van der Waals surface area contributed by atoms with E-state index in [9.17, 15) is 0 Å². The van der Waals surface area contributed by atoms with Gasteiger partial charge < -0.3 is 5.32 Å². The standard InChI is InChI=1S/C16H31N/c1-6-12(4)15(8-3)16(13(5)7-2)14-9-10-17-11-14/h11-13,15-17H,6-10H2,1-5H3. The molecule has 0 spiro atoms. The van der Waals surface area contributed by atoms with Crippen molar-refractivity contribution in [1.29, 1.82) is 0 Å². The van der Waals surface area contributed by atoms with Crippen LogP contribution in [0, 0.1) is 23.7 Å². The van der Waals surface area contributed by atoms with Crippen molar-refractivity contribution < 1.29 is 0 Å². The van der Waals surface area contributed by atoms with Gasteiger partial charge in [-0.3, -0.25) is 0 Å². The number of hydrogen-bond acceptors (Lipinski definition) is 1. The fraction of sp³-hybridized carbons (Fsp3) is 0.875. The van der Waals surface area contributed by atoms with E-state index in [1.54, 1.807) is 5.57 Å². The first-order valence-electron chi connectivity index (χ1n) is 7.57. The Bertz CT molecular complexity index is 244. The molecule has 1 N–H and O–H groups in total. The largest absolute Gasteiger partial charge is 0.391 e. The second kappa shape index (κ2) is 7.08.